The summed E-state index contributed by atoms with van der Waals surface area (Å²) in [5.74, 6) is 0. The molecule has 0 saturated heterocycles. The first-order valence-corrected chi connectivity index (χ1v) is 3.83. The Morgan fingerprint density at radius 1 is 1.62 bits per heavy atom. The van der Waals surface area contributed by atoms with Gasteiger partial charge in [-0.1, -0.05) is 11.6 Å². The van der Waals surface area contributed by atoms with Crippen LogP contribution in [0, 0.1) is 10.1 Å². The Labute approximate surface area is 77.5 Å². The van der Waals surface area contributed by atoms with E-state index in [2.05, 4.69) is 9.97 Å². The number of fused-ring (bicyclic) bond motifs is 1. The van der Waals surface area contributed by atoms with Gasteiger partial charge in [0.1, 0.15) is 5.15 Å². The lowest BCUT2D eigenvalue weighted by molar-refractivity contribution is -0.383. The van der Waals surface area contributed by atoms with Crippen molar-refractivity contribution in [3.05, 3.63) is 33.7 Å². The van der Waals surface area contributed by atoms with Crippen LogP contribution in [0.15, 0.2) is 18.5 Å². The minimum absolute atomic E-state index is 0.0131. The van der Waals surface area contributed by atoms with Gasteiger partial charge in [0.25, 0.3) is 5.69 Å². The molecule has 0 amide bonds. The molecule has 0 atom stereocenters. The smallest absolute Gasteiger partial charge is 0.296 e. The maximum Gasteiger partial charge on any atom is 0.296 e. The lowest BCUT2D eigenvalue weighted by atomic mass is 10.3. The third-order valence-corrected chi connectivity index (χ3v) is 1.91. The molecule has 0 aliphatic carbocycles. The van der Waals surface area contributed by atoms with E-state index in [0.717, 1.165) is 0 Å². The molecule has 6 heteroatoms. The zero-order chi connectivity index (χ0) is 9.42. The predicted octanol–water partition coefficient (Wildman–Crippen LogP) is 2.12. The third-order valence-electron chi connectivity index (χ3n) is 1.71. The highest BCUT2D eigenvalue weighted by Crippen LogP contribution is 2.25. The second-order valence-corrected chi connectivity index (χ2v) is 2.87. The number of nitro groups is 1. The van der Waals surface area contributed by atoms with Crippen LogP contribution in [0.2, 0.25) is 5.15 Å². The minimum atomic E-state index is -0.464. The van der Waals surface area contributed by atoms with Gasteiger partial charge < -0.3 is 4.98 Å². The number of nitrogens with zero attached hydrogens (tertiary/aromatic N) is 2. The van der Waals surface area contributed by atoms with Gasteiger partial charge in [-0.25, -0.2) is 4.98 Å². The Hall–Kier alpha value is -1.62. The number of nitrogens with one attached hydrogen (secondary N) is 1. The van der Waals surface area contributed by atoms with Crippen molar-refractivity contribution in [2.24, 2.45) is 0 Å². The van der Waals surface area contributed by atoms with E-state index in [1.165, 1.54) is 12.4 Å². The molecule has 0 bridgehead atoms. The average Bonchev–Trinajstić information content (AvgIpc) is 2.46. The first-order valence-electron chi connectivity index (χ1n) is 3.45. The summed E-state index contributed by atoms with van der Waals surface area (Å²) in [6, 6.07) is 1.55. The first kappa shape index (κ1) is 8.00. The molecule has 2 heterocycles. The summed E-state index contributed by atoms with van der Waals surface area (Å²) in [4.78, 5) is 16.5. The summed E-state index contributed by atoms with van der Waals surface area (Å²) in [6.07, 6.45) is 2.70. The van der Waals surface area contributed by atoms with Gasteiger partial charge in [0.15, 0.2) is 0 Å². The second-order valence-electron chi connectivity index (χ2n) is 2.48. The lowest BCUT2D eigenvalue weighted by Gasteiger charge is -1.89. The maximum atomic E-state index is 10.5. The quantitative estimate of drug-likeness (QED) is 0.432. The van der Waals surface area contributed by atoms with Crippen molar-refractivity contribution in [3.8, 4) is 0 Å². The highest BCUT2D eigenvalue weighted by Gasteiger charge is 2.13. The molecule has 0 aromatic carbocycles. The normalized spacial score (nSPS) is 10.5. The van der Waals surface area contributed by atoms with Gasteiger partial charge in [-0.15, -0.1) is 0 Å². The van der Waals surface area contributed by atoms with Gasteiger partial charge in [-0.05, 0) is 6.07 Å². The zero-order valence-corrected chi connectivity index (χ0v) is 7.08. The third kappa shape index (κ3) is 1.23. The lowest BCUT2D eigenvalue weighted by Crippen LogP contribution is -1.85. The van der Waals surface area contributed by atoms with Gasteiger partial charge >= 0.3 is 0 Å². The summed E-state index contributed by atoms with van der Waals surface area (Å²) in [5.41, 5.74) is 0.630. The predicted molar refractivity (Wildman–Crippen MR) is 47.8 cm³/mol. The van der Waals surface area contributed by atoms with Gasteiger partial charge in [-0.3, -0.25) is 10.1 Å². The van der Waals surface area contributed by atoms with Crippen LogP contribution in [-0.4, -0.2) is 14.9 Å². The number of rotatable bonds is 1. The Bertz CT molecular complexity index is 480. The van der Waals surface area contributed by atoms with Gasteiger partial charge in [0, 0.05) is 6.20 Å². The molecule has 0 aliphatic rings. The molecule has 2 aromatic heterocycles. The van der Waals surface area contributed by atoms with Crippen molar-refractivity contribution in [1.29, 1.82) is 0 Å². The molecule has 13 heavy (non-hydrogen) atoms. The summed E-state index contributed by atoms with van der Waals surface area (Å²) < 4.78 is 0. The van der Waals surface area contributed by atoms with Crippen molar-refractivity contribution in [2.45, 2.75) is 0 Å². The fourth-order valence-electron chi connectivity index (χ4n) is 1.13. The van der Waals surface area contributed by atoms with Crippen molar-refractivity contribution in [3.63, 3.8) is 0 Å². The van der Waals surface area contributed by atoms with Gasteiger partial charge in [0.2, 0.25) is 0 Å². The first-order chi connectivity index (χ1) is 6.18. The number of hydrogen-bond donors (Lipinski definition) is 1. The van der Waals surface area contributed by atoms with Crippen LogP contribution < -0.4 is 0 Å². The largest absolute Gasteiger partial charge is 0.355 e. The maximum absolute atomic E-state index is 10.5. The van der Waals surface area contributed by atoms with E-state index in [9.17, 15) is 10.1 Å². The fourth-order valence-corrected chi connectivity index (χ4v) is 1.29. The number of hydrogen-bond acceptors (Lipinski definition) is 3. The van der Waals surface area contributed by atoms with E-state index in [1.54, 1.807) is 6.07 Å². The molecule has 0 saturated carbocycles. The number of H-pyrrole nitrogens is 1. The van der Waals surface area contributed by atoms with Crippen LogP contribution >= 0.6 is 11.6 Å². The Balaban J connectivity index is 2.76. The molecule has 2 aromatic rings. The van der Waals surface area contributed by atoms with Gasteiger partial charge in [0.05, 0.1) is 22.0 Å². The van der Waals surface area contributed by atoms with E-state index in [-0.39, 0.29) is 5.69 Å². The van der Waals surface area contributed by atoms with Crippen LogP contribution in [-0.2, 0) is 0 Å². The SMILES string of the molecule is O=[N+]([O-])c1c[nH]c2cc(Cl)ncc12. The molecule has 0 aliphatic heterocycles. The number of pyridine rings is 1. The Morgan fingerprint density at radius 3 is 3.08 bits per heavy atom. The summed E-state index contributed by atoms with van der Waals surface area (Å²) >= 11 is 5.61. The molecule has 2 rings (SSSR count). The van der Waals surface area contributed by atoms with Gasteiger partial charge in [-0.2, -0.15) is 0 Å². The zero-order valence-electron chi connectivity index (χ0n) is 6.32. The minimum Gasteiger partial charge on any atom is -0.355 e. The summed E-state index contributed by atoms with van der Waals surface area (Å²) in [5, 5.41) is 11.3. The molecule has 0 unspecified atom stereocenters. The number of halogens is 1. The number of aromatic amines is 1. The molecule has 66 valence electrons. The fraction of sp³-hybridized carbons (Fsp3) is 0. The highest BCUT2D eigenvalue weighted by atomic mass is 35.5. The van der Waals surface area contributed by atoms with Crippen LogP contribution in [0.4, 0.5) is 5.69 Å². The van der Waals surface area contributed by atoms with Crippen LogP contribution in [0.5, 0.6) is 0 Å². The Morgan fingerprint density at radius 2 is 2.38 bits per heavy atom. The molecule has 5 nitrogen and oxygen atoms in total. The second kappa shape index (κ2) is 2.70. The van der Waals surface area contributed by atoms with Crippen molar-refractivity contribution < 1.29 is 4.92 Å². The molecule has 0 radical (unpaired) electrons. The van der Waals surface area contributed by atoms with Crippen LogP contribution in [0.3, 0.4) is 0 Å². The standard InChI is InChI=1S/C7H4ClN3O2/c8-7-1-5-4(2-10-7)6(3-9-5)11(12)13/h1-3,9H. The van der Waals surface area contributed by atoms with E-state index in [4.69, 9.17) is 11.6 Å². The monoisotopic (exact) mass is 197 g/mol. The summed E-state index contributed by atoms with van der Waals surface area (Å²) in [6.45, 7) is 0. The van der Waals surface area contributed by atoms with E-state index < -0.39 is 4.92 Å². The van der Waals surface area contributed by atoms with Crippen LogP contribution in [0.1, 0.15) is 0 Å². The van der Waals surface area contributed by atoms with Crippen molar-refractivity contribution >= 4 is 28.2 Å². The molecular formula is C7H4ClN3O2. The van der Waals surface area contributed by atoms with E-state index in [1.807, 2.05) is 0 Å². The molecule has 0 fully saturated rings. The van der Waals surface area contributed by atoms with Crippen molar-refractivity contribution in [2.75, 3.05) is 0 Å². The summed E-state index contributed by atoms with van der Waals surface area (Å²) in [7, 11) is 0. The van der Waals surface area contributed by atoms with Crippen molar-refractivity contribution in [1.82, 2.24) is 9.97 Å². The number of aromatic nitrogens is 2. The molecule has 0 spiro atoms. The Kier molecular flexibility index (Phi) is 1.66. The van der Waals surface area contributed by atoms with E-state index >= 15 is 0 Å². The molecule has 1 N–H and O–H groups in total. The average molecular weight is 198 g/mol. The topological polar surface area (TPSA) is 71.8 Å². The van der Waals surface area contributed by atoms with Crippen LogP contribution in [0.25, 0.3) is 10.9 Å². The highest BCUT2D eigenvalue weighted by molar-refractivity contribution is 6.30. The molecular weight excluding hydrogens is 194 g/mol. The van der Waals surface area contributed by atoms with E-state index in [0.29, 0.717) is 16.1 Å².